The fourth-order valence-electron chi connectivity index (χ4n) is 22.0. The van der Waals surface area contributed by atoms with E-state index in [4.69, 9.17) is 15.0 Å². The molecule has 0 amide bonds. The fraction of sp³-hybridized carbons (Fsp3) is 0.154. The predicted molar refractivity (Wildman–Crippen MR) is 539 cm³/mol. The van der Waals surface area contributed by atoms with Gasteiger partial charge in [0.15, 0.2) is 0 Å². The van der Waals surface area contributed by atoms with Crippen molar-refractivity contribution in [1.29, 1.82) is 0 Å². The molecule has 123 heavy (non-hydrogen) atoms. The van der Waals surface area contributed by atoms with Crippen LogP contribution in [0.3, 0.4) is 0 Å². The average Bonchev–Trinajstić information content (AvgIpc) is 0.747. The highest BCUT2D eigenvalue weighted by Crippen LogP contribution is 2.39. The Bertz CT molecular complexity index is 7370. The van der Waals surface area contributed by atoms with Gasteiger partial charge in [-0.05, 0) is 197 Å². The number of hydrogen-bond acceptors (Lipinski definition) is 3. The number of fused-ring (bicyclic) bond motifs is 15. The van der Waals surface area contributed by atoms with Crippen LogP contribution in [0.1, 0.15) is 100 Å². The molecular weight excluding hydrogens is 1480 g/mol. The maximum Gasteiger partial charge on any atom is 0.243 e. The number of para-hydroxylation sites is 3. The number of nitrogens with zero attached hydrogens (tertiary/aromatic N) is 3. The van der Waals surface area contributed by atoms with E-state index in [2.05, 4.69) is 410 Å². The van der Waals surface area contributed by atoms with Gasteiger partial charge in [0.25, 0.3) is 0 Å². The molecule has 0 radical (unpaired) electrons. The second kappa shape index (κ2) is 32.9. The van der Waals surface area contributed by atoms with Crippen molar-refractivity contribution in [3.05, 3.63) is 404 Å². The van der Waals surface area contributed by atoms with E-state index in [-0.39, 0.29) is 20.1 Å². The van der Waals surface area contributed by atoms with Crippen LogP contribution in [0.2, 0.25) is 0 Å². The quantitative estimate of drug-likeness (QED) is 0.0957. The summed E-state index contributed by atoms with van der Waals surface area (Å²) >= 11 is 0. The summed E-state index contributed by atoms with van der Waals surface area (Å²) in [4.78, 5) is 14.2. The van der Waals surface area contributed by atoms with Gasteiger partial charge in [-0.2, -0.15) is 0 Å². The van der Waals surface area contributed by atoms with Gasteiger partial charge < -0.3 is 0 Å². The van der Waals surface area contributed by atoms with Gasteiger partial charge in [0.05, 0.1) is 16.6 Å². The third kappa shape index (κ3) is 15.0. The monoisotopic (exact) mass is 1580 g/mol. The number of aryl methyl sites for hydroxylation is 18. The molecule has 0 fully saturated rings. The first-order chi connectivity index (χ1) is 59.4. The maximum atomic E-state index is 4.73. The Labute approximate surface area is 727 Å². The molecule has 0 unspecified atom stereocenters. The lowest BCUT2D eigenvalue weighted by atomic mass is 9.33. The molecular formula is C117H104B3N3. The van der Waals surface area contributed by atoms with E-state index in [0.717, 1.165) is 16.6 Å². The Balaban J connectivity index is 0.000000126. The molecule has 20 rings (SSSR count). The van der Waals surface area contributed by atoms with Crippen molar-refractivity contribution < 1.29 is 0 Å². The molecule has 0 bridgehead atoms. The Morgan fingerprint density at radius 3 is 0.813 bits per heavy atom. The lowest BCUT2D eigenvalue weighted by molar-refractivity contribution is 1.34. The Kier molecular flexibility index (Phi) is 21.6. The average molecular weight is 1580 g/mol. The molecule has 6 heteroatoms. The summed E-state index contributed by atoms with van der Waals surface area (Å²) < 4.78 is 0. The normalized spacial score (nSPS) is 11.5. The van der Waals surface area contributed by atoms with E-state index < -0.39 is 0 Å². The van der Waals surface area contributed by atoms with Crippen LogP contribution in [0, 0.1) is 125 Å². The van der Waals surface area contributed by atoms with Crippen molar-refractivity contribution in [2.24, 2.45) is 0 Å². The van der Waals surface area contributed by atoms with Crippen molar-refractivity contribution in [1.82, 2.24) is 15.0 Å². The zero-order valence-electron chi connectivity index (χ0n) is 74.4. The van der Waals surface area contributed by atoms with Crippen LogP contribution in [0.5, 0.6) is 0 Å². The third-order valence-electron chi connectivity index (χ3n) is 26.4. The summed E-state index contributed by atoms with van der Waals surface area (Å²) in [5, 5.41) is 18.7. The minimum Gasteiger partial charge on any atom is -0.256 e. The molecule has 17 aromatic carbocycles. The van der Waals surface area contributed by atoms with E-state index in [9.17, 15) is 0 Å². The fourth-order valence-corrected chi connectivity index (χ4v) is 22.0. The lowest BCUT2D eigenvalue weighted by Crippen LogP contribution is -2.56. The number of rotatable bonds is 11. The van der Waals surface area contributed by atoms with Gasteiger partial charge in [0, 0.05) is 67.1 Å². The van der Waals surface area contributed by atoms with Gasteiger partial charge >= 0.3 is 0 Å². The van der Waals surface area contributed by atoms with Crippen LogP contribution in [-0.2, 0) is 0 Å². The van der Waals surface area contributed by atoms with Crippen molar-refractivity contribution in [3.63, 3.8) is 0 Å². The van der Waals surface area contributed by atoms with Crippen LogP contribution in [0.4, 0.5) is 0 Å². The smallest absolute Gasteiger partial charge is 0.243 e. The van der Waals surface area contributed by atoms with Crippen LogP contribution in [0.25, 0.3) is 120 Å². The molecule has 3 nitrogen and oxygen atoms in total. The molecule has 0 aliphatic carbocycles. The summed E-state index contributed by atoms with van der Waals surface area (Å²) in [5.74, 6) is 0. The standard InChI is InChI=1S/2C41H36BN.C35H32BN/c1-25-19-27(3)40(28(4)20-25)42(41-29(5)21-26(2)22-30(41)6)33-12-9-11-31(23-33)34-14-10-15-36-35(34)18-17-32-24-43-38-16-8-7-13-37(38)39(32)36;1-25-20-27(3)40(28(4)21-25)42(41-29(5)22-26(2)23-30(41)6)33-17-14-31(15-18-33)34-11-9-12-36-35(34)19-16-32-24-43-38-13-8-7-10-37(38)39(32)36;1-21-16-23(3)34(24(4)17-21)36(35-25(5)18-22(2)19-26(35)6)31-12-9-11-29-28(31)15-14-27-20-37-32-13-8-7-10-30(32)33(27)29/h2*7-24H,1-6H3;7-20H,1-6H3. The van der Waals surface area contributed by atoms with E-state index >= 15 is 0 Å². The molecule has 0 saturated heterocycles. The zero-order chi connectivity index (χ0) is 85.5. The lowest BCUT2D eigenvalue weighted by Gasteiger charge is -2.26. The van der Waals surface area contributed by atoms with Crippen LogP contribution >= 0.6 is 0 Å². The largest absolute Gasteiger partial charge is 0.256 e. The van der Waals surface area contributed by atoms with Crippen LogP contribution < -0.4 is 49.2 Å². The van der Waals surface area contributed by atoms with E-state index in [0.29, 0.717) is 0 Å². The van der Waals surface area contributed by atoms with Gasteiger partial charge in [-0.25, -0.2) is 0 Å². The molecule has 0 atom stereocenters. The van der Waals surface area contributed by atoms with Gasteiger partial charge in [0.2, 0.25) is 20.1 Å². The van der Waals surface area contributed by atoms with Crippen molar-refractivity contribution in [2.45, 2.75) is 125 Å². The molecule has 3 heterocycles. The van der Waals surface area contributed by atoms with Crippen molar-refractivity contribution >= 4 is 167 Å². The molecule has 20 aromatic rings. The molecule has 0 saturated carbocycles. The highest BCUT2D eigenvalue weighted by Gasteiger charge is 2.33. The maximum absolute atomic E-state index is 4.73. The zero-order valence-corrected chi connectivity index (χ0v) is 74.4. The van der Waals surface area contributed by atoms with Crippen LogP contribution in [0.15, 0.2) is 304 Å². The number of benzene rings is 17. The van der Waals surface area contributed by atoms with E-state index in [1.807, 2.05) is 18.6 Å². The van der Waals surface area contributed by atoms with E-state index in [1.165, 1.54) is 252 Å². The van der Waals surface area contributed by atoms with Gasteiger partial charge in [-0.1, -0.05) is 416 Å². The van der Waals surface area contributed by atoms with Crippen LogP contribution in [-0.4, -0.2) is 35.1 Å². The molecule has 0 aliphatic rings. The second-order valence-corrected chi connectivity index (χ2v) is 35.6. The summed E-state index contributed by atoms with van der Waals surface area (Å²) in [6, 6.07) is 106. The molecule has 0 N–H and O–H groups in total. The minimum absolute atomic E-state index is 0.145. The summed E-state index contributed by atoms with van der Waals surface area (Å²) in [6.07, 6.45) is 6.03. The second-order valence-electron chi connectivity index (χ2n) is 35.6. The number of pyridine rings is 3. The third-order valence-corrected chi connectivity index (χ3v) is 26.4. The summed E-state index contributed by atoms with van der Waals surface area (Å²) in [7, 11) is 0. The van der Waals surface area contributed by atoms with Crippen molar-refractivity contribution in [2.75, 3.05) is 0 Å². The molecule has 0 spiro atoms. The van der Waals surface area contributed by atoms with Crippen molar-refractivity contribution in [3.8, 4) is 22.3 Å². The summed E-state index contributed by atoms with van der Waals surface area (Å²) in [5.41, 5.74) is 44.8. The van der Waals surface area contributed by atoms with E-state index in [1.54, 1.807) is 0 Å². The van der Waals surface area contributed by atoms with Gasteiger partial charge in [0.1, 0.15) is 0 Å². The SMILES string of the molecule is Cc1cc(C)c(B(c2c(C)cc(C)cc2C)c2cccc3c2ccc2cnc4ccccc4c23)c(C)c1.Cc1cc(C)c(B(c2ccc(-c3cccc4c3ccc3cnc5ccccc5c34)cc2)c2c(C)cc(C)cc2C)c(C)c1.Cc1cc(C)c(B(c2cccc(-c3cccc4c3ccc3cnc5ccccc5c34)c2)c2c(C)cc(C)cc2C)c(C)c1. The topological polar surface area (TPSA) is 38.7 Å². The van der Waals surface area contributed by atoms with Gasteiger partial charge in [-0.3, -0.25) is 15.0 Å². The highest BCUT2D eigenvalue weighted by atomic mass is 14.7. The number of aromatic nitrogens is 3. The number of hydrogen-bond donors (Lipinski definition) is 0. The Morgan fingerprint density at radius 1 is 0.187 bits per heavy atom. The Hall–Kier alpha value is -13.3. The predicted octanol–water partition coefficient (Wildman–Crippen LogP) is 24.1. The Morgan fingerprint density at radius 2 is 0.463 bits per heavy atom. The molecule has 596 valence electrons. The highest BCUT2D eigenvalue weighted by molar-refractivity contribution is 6.98. The minimum atomic E-state index is 0.145. The molecule has 3 aromatic heterocycles. The van der Waals surface area contributed by atoms with Gasteiger partial charge in [-0.15, -0.1) is 0 Å². The first kappa shape index (κ1) is 80.8. The molecule has 0 aliphatic heterocycles. The summed E-state index contributed by atoms with van der Waals surface area (Å²) in [6.45, 7) is 41.0. The first-order valence-electron chi connectivity index (χ1n) is 43.7. The first-order valence-corrected chi connectivity index (χ1v) is 43.7.